The minimum absolute atomic E-state index is 0. The maximum atomic E-state index is 5.16. The van der Waals surface area contributed by atoms with Crippen LogP contribution >= 0.6 is 12.4 Å². The van der Waals surface area contributed by atoms with Crippen LogP contribution in [-0.4, -0.2) is 20.2 Å². The molecule has 2 fully saturated rings. The molecule has 0 radical (unpaired) electrons. The van der Waals surface area contributed by atoms with Gasteiger partial charge in [0.15, 0.2) is 0 Å². The predicted octanol–water partition coefficient (Wildman–Crippen LogP) is 1.98. The fourth-order valence-corrected chi connectivity index (χ4v) is 2.71. The first kappa shape index (κ1) is 10.8. The number of ether oxygens (including phenoxy) is 1. The number of fused-ring (bicyclic) bond motifs is 1. The zero-order chi connectivity index (χ0) is 9.60. The van der Waals surface area contributed by atoms with Gasteiger partial charge in [-0.2, -0.15) is 0 Å². The molecule has 1 aliphatic heterocycles. The number of hydrogen-bond acceptors (Lipinski definition) is 2. The highest BCUT2D eigenvalue weighted by molar-refractivity contribution is 5.85. The number of piperidine rings is 1. The molecule has 1 saturated carbocycles. The van der Waals surface area contributed by atoms with E-state index in [9.17, 15) is 0 Å². The van der Waals surface area contributed by atoms with Gasteiger partial charge in [0.25, 0.3) is 0 Å². The normalized spacial score (nSPS) is 31.7. The van der Waals surface area contributed by atoms with E-state index < -0.39 is 0 Å². The van der Waals surface area contributed by atoms with Gasteiger partial charge in [-0.05, 0) is 36.6 Å². The molecule has 0 unspecified atom stereocenters. The van der Waals surface area contributed by atoms with E-state index in [4.69, 9.17) is 4.74 Å². The van der Waals surface area contributed by atoms with Gasteiger partial charge in [0.05, 0.1) is 7.11 Å². The van der Waals surface area contributed by atoms with Gasteiger partial charge < -0.3 is 10.1 Å². The molecule has 1 aromatic rings. The third kappa shape index (κ3) is 1.52. The highest BCUT2D eigenvalue weighted by Gasteiger charge is 2.57. The molecule has 3 rings (SSSR count). The van der Waals surface area contributed by atoms with Crippen LogP contribution in [0.1, 0.15) is 12.0 Å². The standard InChI is InChI=1S/C12H15NO.ClH/c1-14-11-4-2-9(3-5-11)12-6-10(12)7-13-8-12;/h2-5,10,13H,6-8H2,1H3;1H/t10-,12+;/m0./s1. The van der Waals surface area contributed by atoms with Crippen LogP contribution in [0.2, 0.25) is 0 Å². The quantitative estimate of drug-likeness (QED) is 0.831. The Morgan fingerprint density at radius 1 is 1.33 bits per heavy atom. The van der Waals surface area contributed by atoms with Crippen LogP contribution in [-0.2, 0) is 5.41 Å². The Labute approximate surface area is 96.4 Å². The number of methoxy groups -OCH3 is 1. The first-order valence-electron chi connectivity index (χ1n) is 5.20. The smallest absolute Gasteiger partial charge is 0.118 e. The van der Waals surface area contributed by atoms with Crippen molar-refractivity contribution in [2.45, 2.75) is 11.8 Å². The Kier molecular flexibility index (Phi) is 2.65. The SMILES string of the molecule is COc1ccc([C@@]23CNC[C@@H]2C3)cc1.Cl. The van der Waals surface area contributed by atoms with Gasteiger partial charge in [0, 0.05) is 12.0 Å². The summed E-state index contributed by atoms with van der Waals surface area (Å²) < 4.78 is 5.16. The summed E-state index contributed by atoms with van der Waals surface area (Å²) in [7, 11) is 1.71. The van der Waals surface area contributed by atoms with Crippen molar-refractivity contribution in [3.63, 3.8) is 0 Å². The lowest BCUT2D eigenvalue weighted by molar-refractivity contribution is 0.414. The van der Waals surface area contributed by atoms with Crippen molar-refractivity contribution in [1.29, 1.82) is 0 Å². The minimum Gasteiger partial charge on any atom is -0.497 e. The second-order valence-corrected chi connectivity index (χ2v) is 4.42. The monoisotopic (exact) mass is 225 g/mol. The summed E-state index contributed by atoms with van der Waals surface area (Å²) in [5.74, 6) is 1.84. The summed E-state index contributed by atoms with van der Waals surface area (Å²) in [5, 5.41) is 3.46. The Morgan fingerprint density at radius 2 is 2.07 bits per heavy atom. The lowest BCUT2D eigenvalue weighted by Crippen LogP contribution is -2.19. The molecule has 0 spiro atoms. The zero-order valence-corrected chi connectivity index (χ0v) is 9.64. The van der Waals surface area contributed by atoms with Crippen LogP contribution in [0.15, 0.2) is 24.3 Å². The fraction of sp³-hybridized carbons (Fsp3) is 0.500. The first-order valence-corrected chi connectivity index (χ1v) is 5.20. The summed E-state index contributed by atoms with van der Waals surface area (Å²) in [4.78, 5) is 0. The maximum Gasteiger partial charge on any atom is 0.118 e. The average molecular weight is 226 g/mol. The van der Waals surface area contributed by atoms with Crippen LogP contribution in [0.3, 0.4) is 0 Å². The van der Waals surface area contributed by atoms with E-state index in [1.165, 1.54) is 18.5 Å². The van der Waals surface area contributed by atoms with E-state index >= 15 is 0 Å². The molecule has 0 amide bonds. The molecule has 1 heterocycles. The lowest BCUT2D eigenvalue weighted by atomic mass is 9.95. The molecule has 0 bridgehead atoms. The highest BCUT2D eigenvalue weighted by Crippen LogP contribution is 2.56. The van der Waals surface area contributed by atoms with Crippen LogP contribution in [0.5, 0.6) is 5.75 Å². The predicted molar refractivity (Wildman–Crippen MR) is 62.9 cm³/mol. The van der Waals surface area contributed by atoms with Crippen molar-refractivity contribution < 1.29 is 4.74 Å². The van der Waals surface area contributed by atoms with Crippen LogP contribution in [0, 0.1) is 5.92 Å². The van der Waals surface area contributed by atoms with Crippen LogP contribution in [0.4, 0.5) is 0 Å². The summed E-state index contributed by atoms with van der Waals surface area (Å²) in [6.45, 7) is 2.36. The van der Waals surface area contributed by atoms with Gasteiger partial charge in [-0.3, -0.25) is 0 Å². The molecular weight excluding hydrogens is 210 g/mol. The third-order valence-corrected chi connectivity index (χ3v) is 3.73. The van der Waals surface area contributed by atoms with E-state index in [0.29, 0.717) is 5.41 Å². The summed E-state index contributed by atoms with van der Waals surface area (Å²) in [6, 6.07) is 8.56. The van der Waals surface area contributed by atoms with Gasteiger partial charge in [-0.25, -0.2) is 0 Å². The van der Waals surface area contributed by atoms with E-state index in [0.717, 1.165) is 18.2 Å². The second kappa shape index (κ2) is 3.69. The van der Waals surface area contributed by atoms with Crippen molar-refractivity contribution in [1.82, 2.24) is 5.32 Å². The average Bonchev–Trinajstić information content (AvgIpc) is 2.82. The van der Waals surface area contributed by atoms with Crippen molar-refractivity contribution >= 4 is 12.4 Å². The van der Waals surface area contributed by atoms with Crippen molar-refractivity contribution in [3.05, 3.63) is 29.8 Å². The van der Waals surface area contributed by atoms with Crippen LogP contribution in [0.25, 0.3) is 0 Å². The topological polar surface area (TPSA) is 21.3 Å². The molecule has 1 aromatic carbocycles. The lowest BCUT2D eigenvalue weighted by Gasteiger charge is -2.12. The molecule has 1 N–H and O–H groups in total. The Bertz CT molecular complexity index is 351. The Morgan fingerprint density at radius 3 is 2.53 bits per heavy atom. The second-order valence-electron chi connectivity index (χ2n) is 4.42. The molecule has 0 aromatic heterocycles. The summed E-state index contributed by atoms with van der Waals surface area (Å²) in [6.07, 6.45) is 1.37. The first-order chi connectivity index (χ1) is 6.85. The molecule has 1 aliphatic carbocycles. The van der Waals surface area contributed by atoms with E-state index in [2.05, 4.69) is 29.6 Å². The van der Waals surface area contributed by atoms with Gasteiger partial charge in [-0.15, -0.1) is 12.4 Å². The van der Waals surface area contributed by atoms with Crippen LogP contribution < -0.4 is 10.1 Å². The number of benzene rings is 1. The Balaban J connectivity index is 0.000000853. The van der Waals surface area contributed by atoms with Crippen molar-refractivity contribution in [3.8, 4) is 5.75 Å². The van der Waals surface area contributed by atoms with E-state index in [1.807, 2.05) is 0 Å². The number of nitrogens with one attached hydrogen (secondary N) is 1. The largest absolute Gasteiger partial charge is 0.497 e. The number of rotatable bonds is 2. The van der Waals surface area contributed by atoms with Gasteiger partial charge in [-0.1, -0.05) is 12.1 Å². The van der Waals surface area contributed by atoms with Gasteiger partial charge in [0.2, 0.25) is 0 Å². The molecule has 15 heavy (non-hydrogen) atoms. The molecule has 2 atom stereocenters. The minimum atomic E-state index is 0. The van der Waals surface area contributed by atoms with Gasteiger partial charge in [0.1, 0.15) is 5.75 Å². The molecule has 2 aliphatic rings. The molecule has 1 saturated heterocycles. The third-order valence-electron chi connectivity index (χ3n) is 3.73. The highest BCUT2D eigenvalue weighted by atomic mass is 35.5. The molecule has 2 nitrogen and oxygen atoms in total. The van der Waals surface area contributed by atoms with E-state index in [-0.39, 0.29) is 12.4 Å². The zero-order valence-electron chi connectivity index (χ0n) is 8.82. The van der Waals surface area contributed by atoms with Crippen molar-refractivity contribution in [2.24, 2.45) is 5.92 Å². The number of hydrogen-bond donors (Lipinski definition) is 1. The summed E-state index contributed by atoms with van der Waals surface area (Å²) in [5.41, 5.74) is 1.96. The van der Waals surface area contributed by atoms with E-state index in [1.54, 1.807) is 7.11 Å². The summed E-state index contributed by atoms with van der Waals surface area (Å²) >= 11 is 0. The maximum absolute atomic E-state index is 5.16. The molecule has 82 valence electrons. The van der Waals surface area contributed by atoms with Crippen molar-refractivity contribution in [2.75, 3.05) is 20.2 Å². The molecule has 3 heteroatoms. The Hall–Kier alpha value is -0.730. The number of halogens is 1. The fourth-order valence-electron chi connectivity index (χ4n) is 2.71. The molecular formula is C12H16ClNO. The van der Waals surface area contributed by atoms with Gasteiger partial charge >= 0.3 is 0 Å².